The van der Waals surface area contributed by atoms with Crippen molar-refractivity contribution in [1.82, 2.24) is 10.6 Å². The largest absolute Gasteiger partial charge is 0.374 e. The van der Waals surface area contributed by atoms with Gasteiger partial charge in [0, 0.05) is 12.1 Å². The molecule has 4 nitrogen and oxygen atoms in total. The van der Waals surface area contributed by atoms with E-state index in [9.17, 15) is 4.79 Å². The average Bonchev–Trinajstić information content (AvgIpc) is 2.60. The van der Waals surface area contributed by atoms with E-state index < -0.39 is 0 Å². The minimum Gasteiger partial charge on any atom is -0.374 e. The van der Waals surface area contributed by atoms with Crippen LogP contribution in [0, 0.1) is 0 Å². The van der Waals surface area contributed by atoms with E-state index in [1.807, 2.05) is 19.1 Å². The Bertz CT molecular complexity index is 759. The standard InChI is InChI=1S/C21H26N2O2/c1-15(17-8-7-16-5-2-3-6-18(16)11-17)23-20(24)12-19-13-22-21(14-25-19)9-4-10-21/h2-3,5-8,11,15,19,22H,4,9-10,12-14H2,1H3,(H,23,24). The zero-order valence-corrected chi connectivity index (χ0v) is 14.8. The van der Waals surface area contributed by atoms with E-state index in [4.69, 9.17) is 4.74 Å². The lowest BCUT2D eigenvalue weighted by atomic mass is 9.76. The number of carbonyl (C=O) groups is 1. The smallest absolute Gasteiger partial charge is 0.223 e. The van der Waals surface area contributed by atoms with Gasteiger partial charge in [-0.15, -0.1) is 0 Å². The molecule has 2 aromatic carbocycles. The predicted octanol–water partition coefficient (Wildman–Crippen LogP) is 3.32. The van der Waals surface area contributed by atoms with E-state index in [-0.39, 0.29) is 23.6 Å². The molecule has 2 fully saturated rings. The summed E-state index contributed by atoms with van der Waals surface area (Å²) < 4.78 is 5.93. The predicted molar refractivity (Wildman–Crippen MR) is 99.4 cm³/mol. The van der Waals surface area contributed by atoms with Gasteiger partial charge in [-0.3, -0.25) is 4.79 Å². The molecule has 1 aliphatic carbocycles. The highest BCUT2D eigenvalue weighted by Crippen LogP contribution is 2.34. The maximum Gasteiger partial charge on any atom is 0.223 e. The lowest BCUT2D eigenvalue weighted by Gasteiger charge is -2.47. The molecule has 2 atom stereocenters. The highest BCUT2D eigenvalue weighted by atomic mass is 16.5. The van der Waals surface area contributed by atoms with Gasteiger partial charge in [-0.25, -0.2) is 0 Å². The second-order valence-corrected chi connectivity index (χ2v) is 7.55. The molecule has 132 valence electrons. The summed E-state index contributed by atoms with van der Waals surface area (Å²) in [5, 5.41) is 9.12. The van der Waals surface area contributed by atoms with E-state index in [1.54, 1.807) is 0 Å². The van der Waals surface area contributed by atoms with Gasteiger partial charge in [-0.1, -0.05) is 36.4 Å². The number of benzene rings is 2. The Hall–Kier alpha value is -1.91. The summed E-state index contributed by atoms with van der Waals surface area (Å²) in [6.07, 6.45) is 4.08. The fourth-order valence-corrected chi connectivity index (χ4v) is 3.84. The highest BCUT2D eigenvalue weighted by Gasteiger charge is 2.40. The van der Waals surface area contributed by atoms with Crippen molar-refractivity contribution < 1.29 is 9.53 Å². The number of ether oxygens (including phenoxy) is 1. The van der Waals surface area contributed by atoms with Crippen LogP contribution >= 0.6 is 0 Å². The zero-order chi connectivity index (χ0) is 17.3. The van der Waals surface area contributed by atoms with Crippen LogP contribution in [0.25, 0.3) is 10.8 Å². The van der Waals surface area contributed by atoms with Gasteiger partial charge < -0.3 is 15.4 Å². The van der Waals surface area contributed by atoms with E-state index in [2.05, 4.69) is 41.0 Å². The van der Waals surface area contributed by atoms with Gasteiger partial charge in [-0.05, 0) is 48.6 Å². The van der Waals surface area contributed by atoms with Crippen LogP contribution in [0.1, 0.15) is 44.2 Å². The number of amides is 1. The number of rotatable bonds is 4. The normalized spacial score (nSPS) is 23.2. The van der Waals surface area contributed by atoms with Gasteiger partial charge in [0.05, 0.1) is 25.2 Å². The minimum absolute atomic E-state index is 0.00775. The molecule has 1 saturated carbocycles. The van der Waals surface area contributed by atoms with E-state index in [0.29, 0.717) is 6.42 Å². The number of hydrogen-bond donors (Lipinski definition) is 2. The van der Waals surface area contributed by atoms with E-state index in [1.165, 1.54) is 30.0 Å². The van der Waals surface area contributed by atoms with Gasteiger partial charge in [0.15, 0.2) is 0 Å². The second kappa shape index (κ2) is 6.77. The average molecular weight is 338 g/mol. The number of carbonyl (C=O) groups excluding carboxylic acids is 1. The Morgan fingerprint density at radius 2 is 2.08 bits per heavy atom. The fourth-order valence-electron chi connectivity index (χ4n) is 3.84. The van der Waals surface area contributed by atoms with Crippen molar-refractivity contribution in [2.75, 3.05) is 13.2 Å². The van der Waals surface area contributed by atoms with Gasteiger partial charge in [0.25, 0.3) is 0 Å². The SMILES string of the molecule is CC(NC(=O)CC1CNC2(CCC2)CO1)c1ccc2ccccc2c1. The molecule has 25 heavy (non-hydrogen) atoms. The number of morpholine rings is 1. The highest BCUT2D eigenvalue weighted by molar-refractivity contribution is 5.83. The lowest BCUT2D eigenvalue weighted by Crippen LogP contribution is -2.61. The molecule has 2 N–H and O–H groups in total. The summed E-state index contributed by atoms with van der Waals surface area (Å²) in [4.78, 5) is 12.4. The summed E-state index contributed by atoms with van der Waals surface area (Å²) in [6.45, 7) is 3.55. The monoisotopic (exact) mass is 338 g/mol. The lowest BCUT2D eigenvalue weighted by molar-refractivity contribution is -0.127. The van der Waals surface area contributed by atoms with Crippen molar-refractivity contribution >= 4 is 16.7 Å². The zero-order valence-electron chi connectivity index (χ0n) is 14.8. The molecule has 1 spiro atoms. The molecule has 1 heterocycles. The topological polar surface area (TPSA) is 50.4 Å². The quantitative estimate of drug-likeness (QED) is 0.899. The minimum atomic E-state index is -0.0185. The van der Waals surface area contributed by atoms with Gasteiger partial charge in [-0.2, -0.15) is 0 Å². The molecule has 0 radical (unpaired) electrons. The summed E-state index contributed by atoms with van der Waals surface area (Å²) in [5.74, 6) is 0.0528. The van der Waals surface area contributed by atoms with Gasteiger partial charge >= 0.3 is 0 Å². The molecule has 0 aromatic heterocycles. The Morgan fingerprint density at radius 1 is 1.28 bits per heavy atom. The van der Waals surface area contributed by atoms with Crippen molar-refractivity contribution in [1.29, 1.82) is 0 Å². The third kappa shape index (κ3) is 3.55. The van der Waals surface area contributed by atoms with Gasteiger partial charge in [0.2, 0.25) is 5.91 Å². The summed E-state index contributed by atoms with van der Waals surface area (Å²) in [6, 6.07) is 14.6. The summed E-state index contributed by atoms with van der Waals surface area (Å²) in [7, 11) is 0. The van der Waals surface area contributed by atoms with E-state index in [0.717, 1.165) is 18.7 Å². The van der Waals surface area contributed by atoms with Crippen LogP contribution in [0.2, 0.25) is 0 Å². The summed E-state index contributed by atoms with van der Waals surface area (Å²) in [5.41, 5.74) is 1.34. The first kappa shape index (κ1) is 16.6. The molecule has 2 unspecified atom stereocenters. The van der Waals surface area contributed by atoms with Crippen molar-refractivity contribution in [3.8, 4) is 0 Å². The van der Waals surface area contributed by atoms with Crippen LogP contribution in [0.3, 0.4) is 0 Å². The molecule has 1 saturated heterocycles. The first-order valence-corrected chi connectivity index (χ1v) is 9.28. The second-order valence-electron chi connectivity index (χ2n) is 7.55. The van der Waals surface area contributed by atoms with Crippen molar-refractivity contribution in [2.45, 2.75) is 50.3 Å². The molecular weight excluding hydrogens is 312 g/mol. The van der Waals surface area contributed by atoms with Crippen molar-refractivity contribution in [3.05, 3.63) is 48.0 Å². The van der Waals surface area contributed by atoms with Crippen LogP contribution in [0.5, 0.6) is 0 Å². The molecule has 1 amide bonds. The fraction of sp³-hybridized carbons (Fsp3) is 0.476. The molecule has 0 bridgehead atoms. The van der Waals surface area contributed by atoms with Gasteiger partial charge in [0.1, 0.15) is 0 Å². The number of nitrogens with one attached hydrogen (secondary N) is 2. The van der Waals surface area contributed by atoms with Crippen molar-refractivity contribution in [3.63, 3.8) is 0 Å². The molecule has 2 aromatic rings. The number of hydrogen-bond acceptors (Lipinski definition) is 3. The molecule has 2 aliphatic rings. The van der Waals surface area contributed by atoms with Crippen LogP contribution in [-0.2, 0) is 9.53 Å². The van der Waals surface area contributed by atoms with E-state index >= 15 is 0 Å². The Labute approximate surface area is 148 Å². The first-order chi connectivity index (χ1) is 12.1. The maximum absolute atomic E-state index is 12.4. The van der Waals surface area contributed by atoms with Crippen LogP contribution in [0.4, 0.5) is 0 Å². The Kier molecular flexibility index (Phi) is 4.48. The maximum atomic E-state index is 12.4. The van der Waals surface area contributed by atoms with Crippen LogP contribution < -0.4 is 10.6 Å². The third-order valence-electron chi connectivity index (χ3n) is 5.67. The molecule has 4 rings (SSSR count). The van der Waals surface area contributed by atoms with Crippen LogP contribution in [0.15, 0.2) is 42.5 Å². The third-order valence-corrected chi connectivity index (χ3v) is 5.67. The summed E-state index contributed by atoms with van der Waals surface area (Å²) >= 11 is 0. The molecule has 4 heteroatoms. The molecular formula is C21H26N2O2. The van der Waals surface area contributed by atoms with Crippen molar-refractivity contribution in [2.24, 2.45) is 0 Å². The Morgan fingerprint density at radius 3 is 2.76 bits per heavy atom. The first-order valence-electron chi connectivity index (χ1n) is 9.28. The Balaban J connectivity index is 1.32. The number of fused-ring (bicyclic) bond motifs is 1. The molecule has 1 aliphatic heterocycles. The van der Waals surface area contributed by atoms with Crippen LogP contribution in [-0.4, -0.2) is 30.7 Å².